The van der Waals surface area contributed by atoms with E-state index in [-0.39, 0.29) is 31.0 Å². The second-order valence-corrected chi connectivity index (χ2v) is 3.74. The molecule has 0 aliphatic heterocycles. The molecule has 0 aromatic heterocycles. The maximum atomic E-state index is 2.26. The zero-order chi connectivity index (χ0) is 9.80. The summed E-state index contributed by atoms with van der Waals surface area (Å²) in [6, 6.07) is 15.2. The van der Waals surface area contributed by atoms with Crippen LogP contribution < -0.4 is 29.6 Å². The molecule has 0 aromatic rings. The molecule has 15 heavy (non-hydrogen) atoms. The van der Waals surface area contributed by atoms with E-state index < -0.39 is 0 Å². The van der Waals surface area contributed by atoms with Crippen LogP contribution in [0.3, 0.4) is 0 Å². The Bertz CT molecular complexity index is 387. The van der Waals surface area contributed by atoms with E-state index in [1.807, 2.05) is 0 Å². The summed E-state index contributed by atoms with van der Waals surface area (Å²) in [5.41, 5.74) is 4.28. The average Bonchev–Trinajstić information content (AvgIpc) is 2.45. The largest absolute Gasteiger partial charge is 1.00 e. The fraction of sp³-hybridized carbons (Fsp3) is 0.286. The van der Waals surface area contributed by atoms with Gasteiger partial charge >= 0.3 is 29.6 Å². The molecule has 0 bridgehead atoms. The fourth-order valence-corrected chi connectivity index (χ4v) is 1.86. The molecule has 2 aliphatic carbocycles. The van der Waals surface area contributed by atoms with Crippen molar-refractivity contribution in [2.24, 2.45) is 0 Å². The van der Waals surface area contributed by atoms with Crippen LogP contribution >= 0.6 is 0 Å². The van der Waals surface area contributed by atoms with Gasteiger partial charge in [-0.15, -0.1) is 0 Å². The van der Waals surface area contributed by atoms with Crippen molar-refractivity contribution in [2.75, 3.05) is 0 Å². The Hall–Kier alpha value is -0.300. The van der Waals surface area contributed by atoms with E-state index in [1.165, 1.54) is 36.0 Å². The molecule has 74 valence electrons. The van der Waals surface area contributed by atoms with Gasteiger partial charge in [-0.1, -0.05) is 55.8 Å². The summed E-state index contributed by atoms with van der Waals surface area (Å²) in [5.74, 6) is 0. The molecule has 0 saturated heterocycles. The first-order valence-electron chi connectivity index (χ1n) is 5.38. The van der Waals surface area contributed by atoms with Crippen molar-refractivity contribution in [3.8, 4) is 11.1 Å². The minimum absolute atomic E-state index is 0. The monoisotopic (exact) mass is 208 g/mol. The summed E-state index contributed by atoms with van der Waals surface area (Å²) in [6.45, 7) is 2.24. The van der Waals surface area contributed by atoms with Gasteiger partial charge in [0.1, 0.15) is 0 Å². The molecule has 0 heterocycles. The van der Waals surface area contributed by atoms with Gasteiger partial charge in [0, 0.05) is 0 Å². The molecule has 2 rings (SSSR count). The summed E-state index contributed by atoms with van der Waals surface area (Å²) in [5, 5.41) is 0. The molecule has 0 spiro atoms. The van der Waals surface area contributed by atoms with Gasteiger partial charge in [0.2, 0.25) is 0 Å². The van der Waals surface area contributed by atoms with E-state index in [2.05, 4.69) is 49.4 Å². The molecule has 0 amide bonds. The maximum absolute atomic E-state index is 2.26. The third-order valence-corrected chi connectivity index (χ3v) is 2.68. The molecular formula is C14H17Na. The molecule has 1 heteroatoms. The number of fused-ring (bicyclic) bond motifs is 1. The molecule has 0 N–H and O–H groups in total. The SMILES string of the molecule is CCCCc1ccc2cccccc1-2.[H-].[Na+]. The number of hydrogen-bond acceptors (Lipinski definition) is 0. The average molecular weight is 208 g/mol. The second kappa shape index (κ2) is 6.32. The molecule has 0 saturated carbocycles. The predicted molar refractivity (Wildman–Crippen MR) is 62.8 cm³/mol. The third kappa shape index (κ3) is 3.07. The third-order valence-electron chi connectivity index (χ3n) is 2.68. The van der Waals surface area contributed by atoms with Crippen LogP contribution in [0.25, 0.3) is 11.1 Å². The van der Waals surface area contributed by atoms with Crippen molar-refractivity contribution in [1.29, 1.82) is 0 Å². The van der Waals surface area contributed by atoms with Crippen LogP contribution in [0.15, 0.2) is 42.5 Å². The number of hydrogen-bond donors (Lipinski definition) is 0. The van der Waals surface area contributed by atoms with Gasteiger partial charge in [-0.25, -0.2) is 0 Å². The Morgan fingerprint density at radius 1 is 1.00 bits per heavy atom. The molecule has 0 radical (unpaired) electrons. The van der Waals surface area contributed by atoms with E-state index in [4.69, 9.17) is 0 Å². The van der Waals surface area contributed by atoms with Crippen LogP contribution in [-0.2, 0) is 6.42 Å². The first-order valence-corrected chi connectivity index (χ1v) is 5.38. The van der Waals surface area contributed by atoms with E-state index in [0.29, 0.717) is 0 Å². The van der Waals surface area contributed by atoms with Crippen LogP contribution in [0.4, 0.5) is 0 Å². The molecule has 0 nitrogen and oxygen atoms in total. The van der Waals surface area contributed by atoms with Gasteiger partial charge < -0.3 is 1.43 Å². The normalized spacial score (nSPS) is 9.93. The van der Waals surface area contributed by atoms with Crippen molar-refractivity contribution in [1.82, 2.24) is 0 Å². The molecule has 2 aliphatic rings. The summed E-state index contributed by atoms with van der Waals surface area (Å²) in [6.07, 6.45) is 3.77. The predicted octanol–water partition coefficient (Wildman–Crippen LogP) is 1.25. The van der Waals surface area contributed by atoms with Crippen molar-refractivity contribution in [3.05, 3.63) is 48.0 Å². The van der Waals surface area contributed by atoms with Crippen molar-refractivity contribution >= 4 is 0 Å². The number of rotatable bonds is 3. The first-order chi connectivity index (χ1) is 6.92. The first kappa shape index (κ1) is 12.8. The van der Waals surface area contributed by atoms with Crippen LogP contribution in [-0.4, -0.2) is 0 Å². The van der Waals surface area contributed by atoms with Gasteiger partial charge in [-0.3, -0.25) is 0 Å². The second-order valence-electron chi connectivity index (χ2n) is 3.74. The van der Waals surface area contributed by atoms with E-state index in [0.717, 1.165) is 0 Å². The molecule has 0 fully saturated rings. The number of aryl methyl sites for hydroxylation is 1. The van der Waals surface area contributed by atoms with Gasteiger partial charge in [0.05, 0.1) is 0 Å². The van der Waals surface area contributed by atoms with Gasteiger partial charge in [0.15, 0.2) is 0 Å². The molecule has 0 unspecified atom stereocenters. The topological polar surface area (TPSA) is 0 Å². The van der Waals surface area contributed by atoms with Crippen LogP contribution in [0.2, 0.25) is 0 Å². The Morgan fingerprint density at radius 3 is 2.60 bits per heavy atom. The summed E-state index contributed by atoms with van der Waals surface area (Å²) < 4.78 is 0. The standard InChI is InChI=1S/C14H16.Na.H/c1-2-3-7-12-10-11-13-8-5-4-6-9-14(12)13;;/h4-6,8-11H,2-3,7H2,1H3;;/q;+1;-1. The van der Waals surface area contributed by atoms with E-state index in [1.54, 1.807) is 0 Å². The van der Waals surface area contributed by atoms with Crippen LogP contribution in [0, 0.1) is 0 Å². The van der Waals surface area contributed by atoms with Crippen molar-refractivity contribution in [2.45, 2.75) is 26.2 Å². The smallest absolute Gasteiger partial charge is 1.00 e. The summed E-state index contributed by atoms with van der Waals surface area (Å²) >= 11 is 0. The molecule has 0 aromatic carbocycles. The minimum atomic E-state index is 0. The van der Waals surface area contributed by atoms with E-state index >= 15 is 0 Å². The summed E-state index contributed by atoms with van der Waals surface area (Å²) in [4.78, 5) is 0. The van der Waals surface area contributed by atoms with Crippen molar-refractivity contribution < 1.29 is 31.0 Å². The van der Waals surface area contributed by atoms with Crippen LogP contribution in [0.1, 0.15) is 26.8 Å². The quantitative estimate of drug-likeness (QED) is 0.666. The molecule has 0 atom stereocenters. The zero-order valence-electron chi connectivity index (χ0n) is 10.7. The number of unbranched alkanes of at least 4 members (excludes halogenated alkanes) is 1. The Kier molecular flexibility index (Phi) is 5.38. The Labute approximate surface area is 116 Å². The molecular weight excluding hydrogens is 191 g/mol. The van der Waals surface area contributed by atoms with Gasteiger partial charge in [-0.05, 0) is 29.5 Å². The van der Waals surface area contributed by atoms with Gasteiger partial charge in [-0.2, -0.15) is 0 Å². The maximum Gasteiger partial charge on any atom is 1.00 e. The zero-order valence-corrected chi connectivity index (χ0v) is 11.7. The van der Waals surface area contributed by atoms with Crippen LogP contribution in [0.5, 0.6) is 0 Å². The Balaban J connectivity index is 0.00000112. The minimum Gasteiger partial charge on any atom is -1.00 e. The Morgan fingerprint density at radius 2 is 1.80 bits per heavy atom. The van der Waals surface area contributed by atoms with E-state index in [9.17, 15) is 0 Å². The van der Waals surface area contributed by atoms with Crippen molar-refractivity contribution in [3.63, 3.8) is 0 Å². The fourth-order valence-electron chi connectivity index (χ4n) is 1.86. The summed E-state index contributed by atoms with van der Waals surface area (Å²) in [7, 11) is 0. The van der Waals surface area contributed by atoms with Gasteiger partial charge in [0.25, 0.3) is 0 Å².